The molecule has 0 amide bonds. The lowest BCUT2D eigenvalue weighted by Crippen LogP contribution is -2.43. The maximum absolute atomic E-state index is 4.92. The van der Waals surface area contributed by atoms with Crippen molar-refractivity contribution in [3.8, 4) is 28.1 Å². The number of hydrogen-bond donors (Lipinski definition) is 0. The van der Waals surface area contributed by atoms with Crippen LogP contribution in [0.15, 0.2) is 194 Å². The van der Waals surface area contributed by atoms with Gasteiger partial charge < -0.3 is 0 Å². The minimum Gasteiger partial charge on any atom is -0.294 e. The van der Waals surface area contributed by atoms with Gasteiger partial charge in [0.25, 0.3) is 0 Å². The minimum atomic E-state index is -0.547. The molecule has 0 radical (unpaired) electrons. The van der Waals surface area contributed by atoms with Crippen molar-refractivity contribution in [2.75, 3.05) is 0 Å². The van der Waals surface area contributed by atoms with Crippen LogP contribution in [0.5, 0.6) is 0 Å². The summed E-state index contributed by atoms with van der Waals surface area (Å²) in [5, 5.41) is 5.00. The molecule has 0 N–H and O–H groups in total. The molecule has 13 rings (SSSR count). The van der Waals surface area contributed by atoms with E-state index in [1.165, 1.54) is 99.3 Å². The summed E-state index contributed by atoms with van der Waals surface area (Å²) in [5.41, 5.74) is 17.3. The lowest BCUT2D eigenvalue weighted by molar-refractivity contribution is 0.633. The Bertz CT molecular complexity index is 3180. The summed E-state index contributed by atoms with van der Waals surface area (Å²) in [4.78, 5) is 4.92. The molecule has 10 aromatic rings. The van der Waals surface area contributed by atoms with Crippen LogP contribution >= 0.6 is 0 Å². The van der Waals surface area contributed by atoms with Gasteiger partial charge in [0.05, 0.1) is 21.9 Å². The summed E-state index contributed by atoms with van der Waals surface area (Å²) >= 11 is 0. The molecular formula is C53H32N2. The van der Waals surface area contributed by atoms with Gasteiger partial charge in [-0.15, -0.1) is 0 Å². The zero-order chi connectivity index (χ0) is 35.9. The number of rotatable bonds is 1. The lowest BCUT2D eigenvalue weighted by atomic mass is 9.52. The predicted molar refractivity (Wildman–Crippen MR) is 224 cm³/mol. The maximum atomic E-state index is 4.92. The summed E-state index contributed by atoms with van der Waals surface area (Å²) in [5.74, 6) is 0.924. The van der Waals surface area contributed by atoms with Crippen molar-refractivity contribution in [2.45, 2.75) is 10.8 Å². The van der Waals surface area contributed by atoms with Crippen molar-refractivity contribution in [3.63, 3.8) is 0 Å². The van der Waals surface area contributed by atoms with Gasteiger partial charge in [0.1, 0.15) is 5.82 Å². The van der Waals surface area contributed by atoms with Crippen LogP contribution in [0.2, 0.25) is 0 Å². The van der Waals surface area contributed by atoms with Gasteiger partial charge in [-0.05, 0) is 108 Å². The number of nitrogens with zero attached hydrogens (tertiary/aromatic N) is 2. The van der Waals surface area contributed by atoms with Crippen LogP contribution in [-0.4, -0.2) is 9.55 Å². The SMILES string of the molecule is c1ccc(-n2c3cc4c(cc3c3c5ccccc5ccc32)C2(c3ccccc3-4)c3ccccc3C3(c4ccccc4-c4ccccc43)c3ccccc32)nc1. The molecule has 0 saturated carbocycles. The normalized spacial score (nSPS) is 14.8. The van der Waals surface area contributed by atoms with E-state index in [-0.39, 0.29) is 0 Å². The second-order valence-corrected chi connectivity index (χ2v) is 15.3. The van der Waals surface area contributed by atoms with E-state index in [1.807, 2.05) is 12.3 Å². The Balaban J connectivity index is 1.23. The van der Waals surface area contributed by atoms with Gasteiger partial charge >= 0.3 is 0 Å². The van der Waals surface area contributed by atoms with Crippen molar-refractivity contribution < 1.29 is 0 Å². The van der Waals surface area contributed by atoms with E-state index in [0.717, 1.165) is 5.82 Å². The third-order valence-electron chi connectivity index (χ3n) is 13.1. The number of pyridine rings is 1. The Kier molecular flexibility index (Phi) is 5.53. The fourth-order valence-corrected chi connectivity index (χ4v) is 11.2. The highest BCUT2D eigenvalue weighted by Gasteiger charge is 2.58. The van der Waals surface area contributed by atoms with Gasteiger partial charge in [0.2, 0.25) is 0 Å². The van der Waals surface area contributed by atoms with Gasteiger partial charge in [-0.1, -0.05) is 158 Å². The molecule has 254 valence electrons. The average Bonchev–Trinajstić information content (AvgIpc) is 3.85. The molecule has 0 unspecified atom stereocenters. The fourth-order valence-electron chi connectivity index (χ4n) is 11.2. The summed E-state index contributed by atoms with van der Waals surface area (Å²) in [7, 11) is 0. The fraction of sp³-hybridized carbons (Fsp3) is 0.0377. The standard InChI is InChI=1S/C53H32N2/c1-2-16-34-33(15-1)28-29-48-51(34)39-31-47-38(32-49(39)55(48)50-27-13-14-30-54-50)37-19-5-8-22-42(37)53(47)45-25-11-9-23-43(45)52(44-24-10-12-26-46(44)53)40-20-6-3-17-35(40)36-18-4-7-21-41(36)52/h1-32H. The topological polar surface area (TPSA) is 17.8 Å². The highest BCUT2D eigenvalue weighted by molar-refractivity contribution is 6.22. The summed E-state index contributed by atoms with van der Waals surface area (Å²) < 4.78 is 2.37. The first-order valence-corrected chi connectivity index (χ1v) is 19.2. The first-order chi connectivity index (χ1) is 27.3. The van der Waals surface area contributed by atoms with E-state index in [2.05, 4.69) is 187 Å². The Morgan fingerprint density at radius 3 is 1.42 bits per heavy atom. The van der Waals surface area contributed by atoms with Crippen molar-refractivity contribution in [1.82, 2.24) is 9.55 Å². The molecular weight excluding hydrogens is 665 g/mol. The van der Waals surface area contributed by atoms with E-state index in [0.29, 0.717) is 0 Å². The molecule has 2 heterocycles. The van der Waals surface area contributed by atoms with Crippen molar-refractivity contribution in [3.05, 3.63) is 239 Å². The monoisotopic (exact) mass is 696 g/mol. The zero-order valence-electron chi connectivity index (χ0n) is 29.9. The Morgan fingerprint density at radius 1 is 0.345 bits per heavy atom. The van der Waals surface area contributed by atoms with Gasteiger partial charge in [0, 0.05) is 17.0 Å². The van der Waals surface area contributed by atoms with Crippen LogP contribution in [0.3, 0.4) is 0 Å². The van der Waals surface area contributed by atoms with Crippen LogP contribution in [-0.2, 0) is 10.8 Å². The summed E-state index contributed by atoms with van der Waals surface area (Å²) in [6, 6.07) is 70.7. The van der Waals surface area contributed by atoms with Crippen molar-refractivity contribution in [1.29, 1.82) is 0 Å². The van der Waals surface area contributed by atoms with Gasteiger partial charge in [-0.2, -0.15) is 0 Å². The average molecular weight is 697 g/mol. The lowest BCUT2D eigenvalue weighted by Gasteiger charge is -2.48. The number of fused-ring (bicyclic) bond motifs is 21. The van der Waals surface area contributed by atoms with Gasteiger partial charge in [0.15, 0.2) is 0 Å². The van der Waals surface area contributed by atoms with Crippen LogP contribution in [0.1, 0.15) is 44.5 Å². The molecule has 2 heteroatoms. The molecule has 8 aromatic carbocycles. The first-order valence-electron chi connectivity index (χ1n) is 19.2. The van der Waals surface area contributed by atoms with Gasteiger partial charge in [-0.3, -0.25) is 4.57 Å². The molecule has 0 bridgehead atoms. The van der Waals surface area contributed by atoms with Crippen molar-refractivity contribution >= 4 is 32.6 Å². The molecule has 0 aliphatic heterocycles. The quantitative estimate of drug-likeness (QED) is 0.167. The largest absolute Gasteiger partial charge is 0.294 e. The number of aromatic nitrogens is 2. The van der Waals surface area contributed by atoms with E-state index in [9.17, 15) is 0 Å². The Labute approximate surface area is 318 Å². The minimum absolute atomic E-state index is 0.460. The Hall–Kier alpha value is -7.03. The molecule has 3 aliphatic rings. The van der Waals surface area contributed by atoms with E-state index < -0.39 is 10.8 Å². The van der Waals surface area contributed by atoms with Gasteiger partial charge in [-0.25, -0.2) is 4.98 Å². The molecule has 2 nitrogen and oxygen atoms in total. The second-order valence-electron chi connectivity index (χ2n) is 15.3. The van der Waals surface area contributed by atoms with E-state index in [4.69, 9.17) is 4.98 Å². The van der Waals surface area contributed by atoms with Crippen LogP contribution < -0.4 is 0 Å². The maximum Gasteiger partial charge on any atom is 0.137 e. The molecule has 0 atom stereocenters. The highest BCUT2D eigenvalue weighted by Crippen LogP contribution is 2.67. The highest BCUT2D eigenvalue weighted by atomic mass is 15.1. The third-order valence-corrected chi connectivity index (χ3v) is 13.1. The smallest absolute Gasteiger partial charge is 0.137 e. The summed E-state index contributed by atoms with van der Waals surface area (Å²) in [6.07, 6.45) is 1.90. The van der Waals surface area contributed by atoms with E-state index in [1.54, 1.807) is 0 Å². The first kappa shape index (κ1) is 29.4. The molecule has 0 fully saturated rings. The van der Waals surface area contributed by atoms with Crippen LogP contribution in [0, 0.1) is 0 Å². The van der Waals surface area contributed by atoms with E-state index >= 15 is 0 Å². The zero-order valence-corrected chi connectivity index (χ0v) is 29.9. The van der Waals surface area contributed by atoms with Crippen LogP contribution in [0.25, 0.3) is 60.6 Å². The number of hydrogen-bond acceptors (Lipinski definition) is 1. The molecule has 3 aliphatic carbocycles. The predicted octanol–water partition coefficient (Wildman–Crippen LogP) is 12.4. The van der Waals surface area contributed by atoms with Crippen molar-refractivity contribution in [2.24, 2.45) is 0 Å². The van der Waals surface area contributed by atoms with Crippen LogP contribution in [0.4, 0.5) is 0 Å². The summed E-state index contributed by atoms with van der Waals surface area (Å²) in [6.45, 7) is 0. The molecule has 2 aromatic heterocycles. The Morgan fingerprint density at radius 2 is 0.836 bits per heavy atom. The second kappa shape index (κ2) is 10.3. The molecule has 2 spiro atoms. The number of benzene rings is 8. The molecule has 0 saturated heterocycles. The molecule has 55 heavy (non-hydrogen) atoms. The third kappa shape index (κ3) is 3.37.